The van der Waals surface area contributed by atoms with Crippen molar-refractivity contribution in [3.63, 3.8) is 0 Å². The van der Waals surface area contributed by atoms with Gasteiger partial charge in [0.2, 0.25) is 0 Å². The van der Waals surface area contributed by atoms with Crippen molar-refractivity contribution < 1.29 is 9.13 Å². The molecule has 0 saturated carbocycles. The van der Waals surface area contributed by atoms with Crippen LogP contribution < -0.4 is 0 Å². The minimum Gasteiger partial charge on any atom is -0.379 e. The Bertz CT molecular complexity index is 437. The highest BCUT2D eigenvalue weighted by Crippen LogP contribution is 2.21. The van der Waals surface area contributed by atoms with Crippen LogP contribution in [-0.2, 0) is 11.2 Å². The topological polar surface area (TPSA) is 15.7 Å². The lowest BCUT2D eigenvalue weighted by molar-refractivity contribution is 0.0314. The van der Waals surface area contributed by atoms with Gasteiger partial charge >= 0.3 is 0 Å². The Morgan fingerprint density at radius 2 is 1.50 bits per heavy atom. The molecule has 1 aromatic rings. The van der Waals surface area contributed by atoms with E-state index in [2.05, 4.69) is 9.80 Å². The Hall–Kier alpha value is -0.970. The summed E-state index contributed by atoms with van der Waals surface area (Å²) in [6.07, 6.45) is 3.62. The number of ether oxygens (including phenoxy) is 1. The SMILES string of the molecule is Fc1ccc(CC2CCN(CCN3CCOCC3)CC2)cc1. The van der Waals surface area contributed by atoms with Crippen LogP contribution in [0.2, 0.25) is 0 Å². The molecule has 0 unspecified atom stereocenters. The first-order valence-corrected chi connectivity index (χ1v) is 8.56. The Kier molecular flexibility index (Phi) is 5.82. The summed E-state index contributed by atoms with van der Waals surface area (Å²) < 4.78 is 18.3. The normalized spacial score (nSPS) is 22.0. The molecule has 0 aromatic heterocycles. The zero-order valence-corrected chi connectivity index (χ0v) is 13.3. The predicted octanol–water partition coefficient (Wildman–Crippen LogP) is 2.41. The maximum atomic E-state index is 12.9. The number of morpholine rings is 1. The fourth-order valence-electron chi connectivity index (χ4n) is 3.48. The van der Waals surface area contributed by atoms with Gasteiger partial charge in [-0.3, -0.25) is 4.90 Å². The van der Waals surface area contributed by atoms with Gasteiger partial charge in [-0.15, -0.1) is 0 Å². The Morgan fingerprint density at radius 1 is 0.909 bits per heavy atom. The van der Waals surface area contributed by atoms with Gasteiger partial charge in [0.15, 0.2) is 0 Å². The van der Waals surface area contributed by atoms with Crippen LogP contribution in [0, 0.1) is 11.7 Å². The minimum absolute atomic E-state index is 0.137. The summed E-state index contributed by atoms with van der Waals surface area (Å²) >= 11 is 0. The van der Waals surface area contributed by atoms with Crippen molar-refractivity contribution in [1.82, 2.24) is 9.80 Å². The van der Waals surface area contributed by atoms with Crippen molar-refractivity contribution in [2.24, 2.45) is 5.92 Å². The Balaban J connectivity index is 1.36. The van der Waals surface area contributed by atoms with Crippen LogP contribution in [0.1, 0.15) is 18.4 Å². The number of nitrogens with zero attached hydrogens (tertiary/aromatic N) is 2. The molecule has 1 aromatic carbocycles. The number of halogens is 1. The van der Waals surface area contributed by atoms with Gasteiger partial charge < -0.3 is 9.64 Å². The second-order valence-corrected chi connectivity index (χ2v) is 6.57. The van der Waals surface area contributed by atoms with Gasteiger partial charge in [-0.2, -0.15) is 0 Å². The fraction of sp³-hybridized carbons (Fsp3) is 0.667. The molecule has 2 aliphatic heterocycles. The number of benzene rings is 1. The number of hydrogen-bond donors (Lipinski definition) is 0. The van der Waals surface area contributed by atoms with E-state index in [0.29, 0.717) is 0 Å². The smallest absolute Gasteiger partial charge is 0.123 e. The molecule has 0 atom stereocenters. The first kappa shape index (κ1) is 15.9. The van der Waals surface area contributed by atoms with Crippen molar-refractivity contribution in [2.75, 3.05) is 52.5 Å². The van der Waals surface area contributed by atoms with Crippen molar-refractivity contribution in [3.8, 4) is 0 Å². The average Bonchev–Trinajstić information content (AvgIpc) is 2.57. The minimum atomic E-state index is -0.137. The maximum absolute atomic E-state index is 12.9. The lowest BCUT2D eigenvalue weighted by Crippen LogP contribution is -2.43. The van der Waals surface area contributed by atoms with Crippen molar-refractivity contribution in [2.45, 2.75) is 19.3 Å². The standard InChI is InChI=1S/C18H27FN2O/c19-18-3-1-16(2-4-18)15-17-5-7-20(8-6-17)9-10-21-11-13-22-14-12-21/h1-4,17H,5-15H2. The summed E-state index contributed by atoms with van der Waals surface area (Å²) in [5.41, 5.74) is 1.27. The van der Waals surface area contributed by atoms with Crippen molar-refractivity contribution in [3.05, 3.63) is 35.6 Å². The van der Waals surface area contributed by atoms with Gasteiger partial charge in [-0.1, -0.05) is 12.1 Å². The zero-order valence-electron chi connectivity index (χ0n) is 13.3. The Morgan fingerprint density at radius 3 is 2.14 bits per heavy atom. The van der Waals surface area contributed by atoms with Crippen LogP contribution in [0.3, 0.4) is 0 Å². The summed E-state index contributed by atoms with van der Waals surface area (Å²) in [6.45, 7) is 8.71. The molecule has 2 fully saturated rings. The number of piperidine rings is 1. The molecule has 122 valence electrons. The molecular weight excluding hydrogens is 279 g/mol. The molecule has 2 heterocycles. The molecule has 0 radical (unpaired) electrons. The monoisotopic (exact) mass is 306 g/mol. The molecule has 2 saturated heterocycles. The van der Waals surface area contributed by atoms with E-state index in [-0.39, 0.29) is 5.82 Å². The predicted molar refractivity (Wildman–Crippen MR) is 86.5 cm³/mol. The molecule has 0 aliphatic carbocycles. The number of hydrogen-bond acceptors (Lipinski definition) is 3. The summed E-state index contributed by atoms with van der Waals surface area (Å²) in [5, 5.41) is 0. The third-order valence-electron chi connectivity index (χ3n) is 4.98. The molecule has 3 rings (SSSR count). The third kappa shape index (κ3) is 4.77. The highest BCUT2D eigenvalue weighted by Gasteiger charge is 2.20. The summed E-state index contributed by atoms with van der Waals surface area (Å²) in [4.78, 5) is 5.10. The first-order valence-electron chi connectivity index (χ1n) is 8.56. The van der Waals surface area contributed by atoms with Gasteiger partial charge in [0.05, 0.1) is 13.2 Å². The summed E-state index contributed by atoms with van der Waals surface area (Å²) in [7, 11) is 0. The lowest BCUT2D eigenvalue weighted by atomic mass is 9.90. The number of likely N-dealkylation sites (tertiary alicyclic amines) is 1. The average molecular weight is 306 g/mol. The largest absolute Gasteiger partial charge is 0.379 e. The van der Waals surface area contributed by atoms with E-state index in [1.165, 1.54) is 44.6 Å². The third-order valence-corrected chi connectivity index (χ3v) is 4.98. The van der Waals surface area contributed by atoms with Crippen molar-refractivity contribution >= 4 is 0 Å². The summed E-state index contributed by atoms with van der Waals surface area (Å²) in [5.74, 6) is 0.617. The molecular formula is C18H27FN2O. The molecule has 0 amide bonds. The summed E-state index contributed by atoms with van der Waals surface area (Å²) in [6, 6.07) is 7.01. The first-order chi connectivity index (χ1) is 10.8. The Labute approximate surface area is 133 Å². The zero-order chi connectivity index (χ0) is 15.2. The highest BCUT2D eigenvalue weighted by atomic mass is 19.1. The van der Waals surface area contributed by atoms with Gasteiger partial charge in [0, 0.05) is 26.2 Å². The van der Waals surface area contributed by atoms with E-state index in [0.717, 1.165) is 38.6 Å². The number of rotatable bonds is 5. The van der Waals surface area contributed by atoms with Gasteiger partial charge in [-0.25, -0.2) is 4.39 Å². The second kappa shape index (κ2) is 8.04. The van der Waals surface area contributed by atoms with Crippen molar-refractivity contribution in [1.29, 1.82) is 0 Å². The molecule has 0 bridgehead atoms. The molecule has 0 N–H and O–H groups in total. The quantitative estimate of drug-likeness (QED) is 0.831. The van der Waals surface area contributed by atoms with Crippen LogP contribution in [0.5, 0.6) is 0 Å². The highest BCUT2D eigenvalue weighted by molar-refractivity contribution is 5.16. The lowest BCUT2D eigenvalue weighted by Gasteiger charge is -2.34. The molecule has 3 nitrogen and oxygen atoms in total. The van der Waals surface area contributed by atoms with E-state index in [1.54, 1.807) is 12.1 Å². The molecule has 22 heavy (non-hydrogen) atoms. The van der Waals surface area contributed by atoms with E-state index < -0.39 is 0 Å². The fourth-order valence-corrected chi connectivity index (χ4v) is 3.48. The van der Waals surface area contributed by atoms with Crippen LogP contribution in [0.15, 0.2) is 24.3 Å². The van der Waals surface area contributed by atoms with Crippen LogP contribution >= 0.6 is 0 Å². The second-order valence-electron chi connectivity index (χ2n) is 6.57. The van der Waals surface area contributed by atoms with Crippen LogP contribution in [0.4, 0.5) is 4.39 Å². The van der Waals surface area contributed by atoms with Gasteiger partial charge in [0.1, 0.15) is 5.82 Å². The van der Waals surface area contributed by atoms with Crippen LogP contribution in [0.25, 0.3) is 0 Å². The van der Waals surface area contributed by atoms with E-state index in [1.807, 2.05) is 12.1 Å². The molecule has 4 heteroatoms. The van der Waals surface area contributed by atoms with Gasteiger partial charge in [-0.05, 0) is 56.0 Å². The van der Waals surface area contributed by atoms with E-state index >= 15 is 0 Å². The van der Waals surface area contributed by atoms with E-state index in [9.17, 15) is 4.39 Å². The van der Waals surface area contributed by atoms with Gasteiger partial charge in [0.25, 0.3) is 0 Å². The molecule has 0 spiro atoms. The maximum Gasteiger partial charge on any atom is 0.123 e. The van der Waals surface area contributed by atoms with Crippen LogP contribution in [-0.4, -0.2) is 62.3 Å². The van der Waals surface area contributed by atoms with E-state index in [4.69, 9.17) is 4.74 Å². The molecule has 2 aliphatic rings.